The van der Waals surface area contributed by atoms with E-state index < -0.39 is 5.60 Å². The zero-order valence-electron chi connectivity index (χ0n) is 11.2. The average molecular weight is 238 g/mol. The topological polar surface area (TPSA) is 43.4 Å². The van der Waals surface area contributed by atoms with Crippen LogP contribution < -0.4 is 0 Å². The quantitative estimate of drug-likeness (QED) is 0.668. The van der Waals surface area contributed by atoms with Gasteiger partial charge in [0.2, 0.25) is 0 Å². The number of esters is 1. The smallest absolute Gasteiger partial charge is 0.331 e. The molecule has 1 heterocycles. The van der Waals surface area contributed by atoms with E-state index in [0.717, 1.165) is 12.8 Å². The highest BCUT2D eigenvalue weighted by Crippen LogP contribution is 2.38. The Bertz CT molecular complexity index is 330. The third-order valence-electron chi connectivity index (χ3n) is 3.33. The molecule has 2 atom stereocenters. The maximum atomic E-state index is 11.4. The molecule has 3 heteroatoms. The fraction of sp³-hybridized carbons (Fsp3) is 0.714. The molecule has 1 rings (SSSR count). The number of rotatable bonds is 6. The number of ketones is 1. The van der Waals surface area contributed by atoms with Gasteiger partial charge >= 0.3 is 5.97 Å². The summed E-state index contributed by atoms with van der Waals surface area (Å²) < 4.78 is 5.46. The minimum Gasteiger partial charge on any atom is -0.451 e. The number of carbonyl (C=O) groups is 2. The molecule has 1 aliphatic rings. The van der Waals surface area contributed by atoms with Gasteiger partial charge in [0.1, 0.15) is 11.4 Å². The molecular formula is C14H22O3. The zero-order valence-corrected chi connectivity index (χ0v) is 11.2. The van der Waals surface area contributed by atoms with Crippen LogP contribution in [0.25, 0.3) is 0 Å². The Morgan fingerprint density at radius 3 is 2.47 bits per heavy atom. The van der Waals surface area contributed by atoms with Crippen molar-refractivity contribution >= 4 is 11.8 Å². The van der Waals surface area contributed by atoms with Gasteiger partial charge in [-0.1, -0.05) is 20.8 Å². The average Bonchev–Trinajstić information content (AvgIpc) is 2.59. The highest BCUT2D eigenvalue weighted by molar-refractivity contribution is 5.85. The Morgan fingerprint density at radius 2 is 2.12 bits per heavy atom. The van der Waals surface area contributed by atoms with E-state index in [1.807, 2.05) is 13.0 Å². The molecular weight excluding hydrogens is 216 g/mol. The zero-order chi connectivity index (χ0) is 13.1. The Balaban J connectivity index is 2.90. The molecule has 1 aliphatic heterocycles. The first-order chi connectivity index (χ1) is 7.89. The second-order valence-corrected chi connectivity index (χ2v) is 5.30. The molecule has 0 saturated heterocycles. The molecule has 0 aromatic carbocycles. The molecule has 0 bridgehead atoms. The van der Waals surface area contributed by atoms with Crippen LogP contribution in [-0.4, -0.2) is 17.4 Å². The van der Waals surface area contributed by atoms with Gasteiger partial charge in [-0.25, -0.2) is 4.79 Å². The number of hydrogen-bond donors (Lipinski definition) is 0. The Labute approximate surface area is 103 Å². The lowest BCUT2D eigenvalue weighted by molar-refractivity contribution is -0.152. The summed E-state index contributed by atoms with van der Waals surface area (Å²) in [6, 6.07) is 0. The third kappa shape index (κ3) is 3.42. The monoisotopic (exact) mass is 238 g/mol. The maximum Gasteiger partial charge on any atom is 0.331 e. The van der Waals surface area contributed by atoms with Crippen LogP contribution in [0.2, 0.25) is 0 Å². The SMILES string of the molecule is CC[C@@]1([C@@H](CC(C)=O)CC(C)C)C=CC(=O)O1. The van der Waals surface area contributed by atoms with Crippen molar-refractivity contribution in [2.24, 2.45) is 11.8 Å². The van der Waals surface area contributed by atoms with E-state index in [1.165, 1.54) is 6.08 Å². The molecule has 96 valence electrons. The molecule has 0 radical (unpaired) electrons. The predicted octanol–water partition coefficient (Wildman–Crippen LogP) is 2.89. The van der Waals surface area contributed by atoms with Crippen LogP contribution in [0.1, 0.15) is 47.0 Å². The van der Waals surface area contributed by atoms with Gasteiger partial charge in [0, 0.05) is 18.4 Å². The van der Waals surface area contributed by atoms with Gasteiger partial charge in [-0.2, -0.15) is 0 Å². The second kappa shape index (κ2) is 5.48. The summed E-state index contributed by atoms with van der Waals surface area (Å²) >= 11 is 0. The summed E-state index contributed by atoms with van der Waals surface area (Å²) in [5.74, 6) is 0.437. The summed E-state index contributed by atoms with van der Waals surface area (Å²) in [4.78, 5) is 22.7. The predicted molar refractivity (Wildman–Crippen MR) is 66.5 cm³/mol. The summed E-state index contributed by atoms with van der Waals surface area (Å²) in [5, 5.41) is 0. The van der Waals surface area contributed by atoms with Gasteiger partial charge in [0.25, 0.3) is 0 Å². The van der Waals surface area contributed by atoms with E-state index in [2.05, 4.69) is 13.8 Å². The van der Waals surface area contributed by atoms with Crippen molar-refractivity contribution < 1.29 is 14.3 Å². The van der Waals surface area contributed by atoms with Crippen molar-refractivity contribution in [2.75, 3.05) is 0 Å². The molecule has 0 aliphatic carbocycles. The van der Waals surface area contributed by atoms with E-state index in [-0.39, 0.29) is 17.7 Å². The minimum atomic E-state index is -0.562. The van der Waals surface area contributed by atoms with E-state index in [9.17, 15) is 9.59 Å². The number of carbonyl (C=O) groups excluding carboxylic acids is 2. The molecule has 3 nitrogen and oxygen atoms in total. The number of cyclic esters (lactones) is 1. The normalized spacial score (nSPS) is 25.1. The molecule has 0 N–H and O–H groups in total. The van der Waals surface area contributed by atoms with Crippen molar-refractivity contribution in [3.8, 4) is 0 Å². The first-order valence-corrected chi connectivity index (χ1v) is 6.31. The molecule has 0 fully saturated rings. The molecule has 0 unspecified atom stereocenters. The van der Waals surface area contributed by atoms with Crippen molar-refractivity contribution in [1.82, 2.24) is 0 Å². The molecule has 0 saturated carbocycles. The van der Waals surface area contributed by atoms with Crippen LogP contribution in [0.3, 0.4) is 0 Å². The molecule has 0 spiro atoms. The fourth-order valence-electron chi connectivity index (χ4n) is 2.53. The van der Waals surface area contributed by atoms with Crippen LogP contribution in [-0.2, 0) is 14.3 Å². The molecule has 17 heavy (non-hydrogen) atoms. The van der Waals surface area contributed by atoms with E-state index >= 15 is 0 Å². The van der Waals surface area contributed by atoms with Crippen LogP contribution in [0, 0.1) is 11.8 Å². The first-order valence-electron chi connectivity index (χ1n) is 6.31. The van der Waals surface area contributed by atoms with Gasteiger partial charge < -0.3 is 9.53 Å². The summed E-state index contributed by atoms with van der Waals surface area (Å²) in [6.45, 7) is 7.83. The van der Waals surface area contributed by atoms with Crippen molar-refractivity contribution in [3.05, 3.63) is 12.2 Å². The van der Waals surface area contributed by atoms with Gasteiger partial charge in [-0.05, 0) is 31.8 Å². The summed E-state index contributed by atoms with van der Waals surface area (Å²) in [7, 11) is 0. The standard InChI is InChI=1S/C14H22O3/c1-5-14(7-6-13(16)17-14)12(8-10(2)3)9-11(4)15/h6-7,10,12H,5,8-9H2,1-4H3/t12-,14+/m1/s1. The molecule has 0 aromatic heterocycles. The minimum absolute atomic E-state index is 0.0905. The highest BCUT2D eigenvalue weighted by atomic mass is 16.6. The van der Waals surface area contributed by atoms with Gasteiger partial charge in [-0.15, -0.1) is 0 Å². The van der Waals surface area contributed by atoms with Crippen LogP contribution in [0.15, 0.2) is 12.2 Å². The Hall–Kier alpha value is -1.12. The lowest BCUT2D eigenvalue weighted by Gasteiger charge is -2.35. The van der Waals surface area contributed by atoms with Crippen molar-refractivity contribution in [1.29, 1.82) is 0 Å². The van der Waals surface area contributed by atoms with Gasteiger partial charge in [0.15, 0.2) is 0 Å². The highest BCUT2D eigenvalue weighted by Gasteiger charge is 2.42. The number of ether oxygens (including phenoxy) is 1. The van der Waals surface area contributed by atoms with Gasteiger partial charge in [-0.3, -0.25) is 0 Å². The van der Waals surface area contributed by atoms with E-state index in [4.69, 9.17) is 4.74 Å². The van der Waals surface area contributed by atoms with Crippen LogP contribution >= 0.6 is 0 Å². The lowest BCUT2D eigenvalue weighted by Crippen LogP contribution is -2.38. The summed E-state index contributed by atoms with van der Waals surface area (Å²) in [5.41, 5.74) is -0.562. The van der Waals surface area contributed by atoms with Crippen molar-refractivity contribution in [3.63, 3.8) is 0 Å². The van der Waals surface area contributed by atoms with E-state index in [1.54, 1.807) is 6.92 Å². The number of Topliss-reactive ketones (excluding diaryl/α,β-unsaturated/α-hetero) is 1. The first kappa shape index (κ1) is 13.9. The Morgan fingerprint density at radius 1 is 1.47 bits per heavy atom. The van der Waals surface area contributed by atoms with Crippen LogP contribution in [0.5, 0.6) is 0 Å². The van der Waals surface area contributed by atoms with Crippen LogP contribution in [0.4, 0.5) is 0 Å². The fourth-order valence-corrected chi connectivity index (χ4v) is 2.53. The maximum absolute atomic E-state index is 11.4. The van der Waals surface area contributed by atoms with Crippen molar-refractivity contribution in [2.45, 2.75) is 52.6 Å². The summed E-state index contributed by atoms with van der Waals surface area (Å²) in [6.07, 6.45) is 5.41. The second-order valence-electron chi connectivity index (χ2n) is 5.30. The number of hydrogen-bond acceptors (Lipinski definition) is 3. The largest absolute Gasteiger partial charge is 0.451 e. The van der Waals surface area contributed by atoms with E-state index in [0.29, 0.717) is 12.3 Å². The third-order valence-corrected chi connectivity index (χ3v) is 3.33. The van der Waals surface area contributed by atoms with Gasteiger partial charge in [0.05, 0.1) is 0 Å². The lowest BCUT2D eigenvalue weighted by atomic mass is 9.77. The Kier molecular flexibility index (Phi) is 4.49. The molecule has 0 aromatic rings. The molecule has 0 amide bonds.